The van der Waals surface area contributed by atoms with Gasteiger partial charge in [-0.3, -0.25) is 4.79 Å². The minimum atomic E-state index is -0.288. The number of aryl methyl sites for hydroxylation is 1. The summed E-state index contributed by atoms with van der Waals surface area (Å²) in [5.74, 6) is 1.36. The third kappa shape index (κ3) is 4.57. The maximum atomic E-state index is 12.8. The molecule has 3 rings (SSSR count). The summed E-state index contributed by atoms with van der Waals surface area (Å²) in [5, 5.41) is 5.78. The van der Waals surface area contributed by atoms with Crippen molar-refractivity contribution < 1.29 is 19.0 Å². The number of ether oxygens (including phenoxy) is 3. The number of nitrogens with zero attached hydrogens (tertiary/aromatic N) is 1. The summed E-state index contributed by atoms with van der Waals surface area (Å²) in [7, 11) is 3.11. The first-order chi connectivity index (χ1) is 13.1. The number of carbonyl (C=O) groups excluding carboxylic acids is 1. The number of amides is 1. The van der Waals surface area contributed by atoms with E-state index in [1.165, 1.54) is 7.11 Å². The Hall–Kier alpha value is -3.06. The zero-order valence-electron chi connectivity index (χ0n) is 15.3. The van der Waals surface area contributed by atoms with Crippen LogP contribution in [0.3, 0.4) is 0 Å². The van der Waals surface area contributed by atoms with Crippen molar-refractivity contribution >= 4 is 22.9 Å². The molecule has 6 nitrogen and oxygen atoms in total. The number of benzene rings is 2. The average Bonchev–Trinajstić information content (AvgIpc) is 3.12. The normalized spacial score (nSPS) is 10.3. The summed E-state index contributed by atoms with van der Waals surface area (Å²) in [6, 6.07) is 12.3. The first kappa shape index (κ1) is 18.7. The number of thiazole rings is 1. The van der Waals surface area contributed by atoms with E-state index < -0.39 is 0 Å². The molecule has 0 bridgehead atoms. The average molecular weight is 384 g/mol. The smallest absolute Gasteiger partial charge is 0.259 e. The summed E-state index contributed by atoms with van der Waals surface area (Å²) in [5.41, 5.74) is 1.82. The van der Waals surface area contributed by atoms with Gasteiger partial charge in [0.25, 0.3) is 5.91 Å². The first-order valence-electron chi connectivity index (χ1n) is 8.27. The van der Waals surface area contributed by atoms with Crippen molar-refractivity contribution in [1.29, 1.82) is 0 Å². The first-order valence-corrected chi connectivity index (χ1v) is 9.15. The van der Waals surface area contributed by atoms with E-state index in [1.807, 2.05) is 18.4 Å². The molecule has 1 N–H and O–H groups in total. The monoisotopic (exact) mass is 384 g/mol. The SMILES string of the molecule is COc1ccc(NC(=O)c2ccccc2OCc2csc(C)n2)c(OC)c1. The van der Waals surface area contributed by atoms with Crippen LogP contribution in [0.2, 0.25) is 0 Å². The summed E-state index contributed by atoms with van der Waals surface area (Å²) >= 11 is 1.56. The van der Waals surface area contributed by atoms with Crippen LogP contribution in [0.4, 0.5) is 5.69 Å². The molecule has 0 saturated heterocycles. The molecule has 140 valence electrons. The highest BCUT2D eigenvalue weighted by Gasteiger charge is 2.15. The van der Waals surface area contributed by atoms with Crippen LogP contribution >= 0.6 is 11.3 Å². The maximum Gasteiger partial charge on any atom is 0.259 e. The van der Waals surface area contributed by atoms with Crippen LogP contribution in [0.25, 0.3) is 0 Å². The van der Waals surface area contributed by atoms with Crippen molar-refractivity contribution in [1.82, 2.24) is 4.98 Å². The van der Waals surface area contributed by atoms with Gasteiger partial charge in [0.1, 0.15) is 23.9 Å². The van der Waals surface area contributed by atoms with Gasteiger partial charge < -0.3 is 19.5 Å². The van der Waals surface area contributed by atoms with E-state index in [4.69, 9.17) is 14.2 Å². The molecular formula is C20H20N2O4S. The van der Waals surface area contributed by atoms with Crippen LogP contribution in [0, 0.1) is 6.92 Å². The lowest BCUT2D eigenvalue weighted by Gasteiger charge is -2.13. The van der Waals surface area contributed by atoms with Gasteiger partial charge in [0.05, 0.1) is 36.2 Å². The number of hydrogen-bond donors (Lipinski definition) is 1. The Kier molecular flexibility index (Phi) is 5.93. The second kappa shape index (κ2) is 8.55. The molecule has 0 radical (unpaired) electrons. The van der Waals surface area contributed by atoms with Crippen molar-refractivity contribution in [2.45, 2.75) is 13.5 Å². The van der Waals surface area contributed by atoms with E-state index in [0.29, 0.717) is 35.1 Å². The summed E-state index contributed by atoms with van der Waals surface area (Å²) < 4.78 is 16.3. The molecule has 27 heavy (non-hydrogen) atoms. The highest BCUT2D eigenvalue weighted by atomic mass is 32.1. The van der Waals surface area contributed by atoms with Gasteiger partial charge in [0.2, 0.25) is 0 Å². The number of carbonyl (C=O) groups is 1. The van der Waals surface area contributed by atoms with E-state index in [2.05, 4.69) is 10.3 Å². The third-order valence-corrected chi connectivity index (χ3v) is 4.65. The van der Waals surface area contributed by atoms with Gasteiger partial charge >= 0.3 is 0 Å². The lowest BCUT2D eigenvalue weighted by molar-refractivity contribution is 0.102. The van der Waals surface area contributed by atoms with Crippen LogP contribution in [0.1, 0.15) is 21.1 Å². The van der Waals surface area contributed by atoms with Gasteiger partial charge in [-0.2, -0.15) is 0 Å². The van der Waals surface area contributed by atoms with Crippen LogP contribution in [0.15, 0.2) is 47.8 Å². The molecule has 0 aliphatic carbocycles. The van der Waals surface area contributed by atoms with E-state index in [-0.39, 0.29) is 5.91 Å². The fraction of sp³-hybridized carbons (Fsp3) is 0.200. The molecule has 2 aromatic carbocycles. The van der Waals surface area contributed by atoms with Gasteiger partial charge in [-0.15, -0.1) is 11.3 Å². The fourth-order valence-corrected chi connectivity index (χ4v) is 3.10. The number of nitrogens with one attached hydrogen (secondary N) is 1. The number of methoxy groups -OCH3 is 2. The topological polar surface area (TPSA) is 69.7 Å². The maximum absolute atomic E-state index is 12.8. The number of anilines is 1. The summed E-state index contributed by atoms with van der Waals surface area (Å²) in [6.07, 6.45) is 0. The molecule has 7 heteroatoms. The number of aromatic nitrogens is 1. The molecule has 3 aromatic rings. The zero-order chi connectivity index (χ0) is 19.2. The third-order valence-electron chi connectivity index (χ3n) is 3.83. The fourth-order valence-electron chi connectivity index (χ4n) is 2.50. The Morgan fingerprint density at radius 3 is 2.63 bits per heavy atom. The van der Waals surface area contributed by atoms with Crippen LogP contribution in [0.5, 0.6) is 17.2 Å². The van der Waals surface area contributed by atoms with Gasteiger partial charge in [-0.25, -0.2) is 4.98 Å². The quantitative estimate of drug-likeness (QED) is 0.658. The Bertz CT molecular complexity index is 939. The largest absolute Gasteiger partial charge is 0.497 e. The second-order valence-electron chi connectivity index (χ2n) is 5.66. The van der Waals surface area contributed by atoms with Crippen LogP contribution in [-0.4, -0.2) is 25.1 Å². The van der Waals surface area contributed by atoms with Crippen LogP contribution < -0.4 is 19.5 Å². The number of para-hydroxylation sites is 1. The van der Waals surface area contributed by atoms with Crippen molar-refractivity contribution in [3.8, 4) is 17.2 Å². The van der Waals surface area contributed by atoms with Gasteiger partial charge in [-0.1, -0.05) is 12.1 Å². The van der Waals surface area contributed by atoms with Gasteiger partial charge in [0, 0.05) is 11.4 Å². The highest BCUT2D eigenvalue weighted by molar-refractivity contribution is 7.09. The Morgan fingerprint density at radius 2 is 1.93 bits per heavy atom. The Labute approximate surface area is 161 Å². The van der Waals surface area contributed by atoms with Crippen molar-refractivity contribution in [3.05, 3.63) is 64.1 Å². The minimum Gasteiger partial charge on any atom is -0.497 e. The Morgan fingerprint density at radius 1 is 1.11 bits per heavy atom. The summed E-state index contributed by atoms with van der Waals surface area (Å²) in [6.45, 7) is 2.25. The lowest BCUT2D eigenvalue weighted by atomic mass is 10.1. The molecule has 0 aliphatic heterocycles. The molecule has 0 aliphatic rings. The van der Waals surface area contributed by atoms with Gasteiger partial charge in [0.15, 0.2) is 0 Å². The molecule has 0 fully saturated rings. The van der Waals surface area contributed by atoms with E-state index in [9.17, 15) is 4.79 Å². The molecular weight excluding hydrogens is 364 g/mol. The second-order valence-corrected chi connectivity index (χ2v) is 6.73. The molecule has 1 aromatic heterocycles. The van der Waals surface area contributed by atoms with Crippen molar-refractivity contribution in [2.24, 2.45) is 0 Å². The standard InChI is InChI=1S/C20H20N2O4S/c1-13-21-14(12-27-13)11-26-18-7-5-4-6-16(18)20(23)22-17-9-8-15(24-2)10-19(17)25-3/h4-10,12H,11H2,1-3H3,(H,22,23). The molecule has 0 unspecified atom stereocenters. The van der Waals surface area contributed by atoms with E-state index in [0.717, 1.165) is 10.7 Å². The molecule has 1 amide bonds. The highest BCUT2D eigenvalue weighted by Crippen LogP contribution is 2.30. The minimum absolute atomic E-state index is 0.288. The zero-order valence-corrected chi connectivity index (χ0v) is 16.1. The van der Waals surface area contributed by atoms with Gasteiger partial charge in [-0.05, 0) is 31.2 Å². The molecule has 1 heterocycles. The predicted molar refractivity (Wildman–Crippen MR) is 105 cm³/mol. The predicted octanol–water partition coefficient (Wildman–Crippen LogP) is 4.30. The lowest BCUT2D eigenvalue weighted by Crippen LogP contribution is -2.14. The van der Waals surface area contributed by atoms with Crippen LogP contribution in [-0.2, 0) is 6.61 Å². The van der Waals surface area contributed by atoms with E-state index in [1.54, 1.807) is 54.8 Å². The van der Waals surface area contributed by atoms with E-state index >= 15 is 0 Å². The molecule has 0 atom stereocenters. The van der Waals surface area contributed by atoms with Crippen molar-refractivity contribution in [3.63, 3.8) is 0 Å². The number of rotatable bonds is 7. The molecule has 0 saturated carbocycles. The Balaban J connectivity index is 1.77. The summed E-state index contributed by atoms with van der Waals surface area (Å²) in [4.78, 5) is 17.2. The van der Waals surface area contributed by atoms with Crippen molar-refractivity contribution in [2.75, 3.05) is 19.5 Å². The molecule has 0 spiro atoms. The number of hydrogen-bond acceptors (Lipinski definition) is 6.